The van der Waals surface area contributed by atoms with Gasteiger partial charge in [-0.2, -0.15) is 0 Å². The Bertz CT molecular complexity index is 381. The number of hydrogen-bond acceptors (Lipinski definition) is 2. The van der Waals surface area contributed by atoms with Gasteiger partial charge in [0.2, 0.25) is 0 Å². The summed E-state index contributed by atoms with van der Waals surface area (Å²) in [5.41, 5.74) is 2.84. The van der Waals surface area contributed by atoms with E-state index in [1.54, 1.807) is 0 Å². The third-order valence-electron chi connectivity index (χ3n) is 2.98. The Hall–Kier alpha value is -1.35. The van der Waals surface area contributed by atoms with Gasteiger partial charge in [-0.05, 0) is 38.8 Å². The van der Waals surface area contributed by atoms with Crippen molar-refractivity contribution in [3.8, 4) is 0 Å². The Morgan fingerprint density at radius 3 is 2.24 bits per heavy atom. The molecule has 94 valence electrons. The van der Waals surface area contributed by atoms with Crippen molar-refractivity contribution in [1.82, 2.24) is 5.32 Å². The van der Waals surface area contributed by atoms with Gasteiger partial charge in [0.15, 0.2) is 0 Å². The maximum atomic E-state index is 12.0. The molecule has 1 amide bonds. The van der Waals surface area contributed by atoms with Crippen molar-refractivity contribution in [1.29, 1.82) is 0 Å². The molecule has 0 radical (unpaired) electrons. The topological polar surface area (TPSA) is 49.3 Å². The molecule has 0 aliphatic rings. The molecule has 1 rings (SSSR count). The number of hydrogen-bond donors (Lipinski definition) is 2. The highest BCUT2D eigenvalue weighted by atomic mass is 16.3. The molecule has 3 heteroatoms. The van der Waals surface area contributed by atoms with Gasteiger partial charge in [0.25, 0.3) is 5.91 Å². The monoisotopic (exact) mass is 235 g/mol. The molecule has 0 saturated carbocycles. The fraction of sp³-hybridized carbons (Fsp3) is 0.500. The van der Waals surface area contributed by atoms with E-state index >= 15 is 0 Å². The van der Waals surface area contributed by atoms with Gasteiger partial charge in [0.1, 0.15) is 0 Å². The number of aryl methyl sites for hydroxylation is 2. The highest BCUT2D eigenvalue weighted by molar-refractivity contribution is 5.94. The van der Waals surface area contributed by atoms with E-state index in [2.05, 4.69) is 5.32 Å². The molecule has 0 fully saturated rings. The van der Waals surface area contributed by atoms with E-state index in [0.29, 0.717) is 5.56 Å². The van der Waals surface area contributed by atoms with Gasteiger partial charge in [-0.1, -0.05) is 24.1 Å². The maximum absolute atomic E-state index is 12.0. The summed E-state index contributed by atoms with van der Waals surface area (Å²) in [6.07, 6.45) is 0. The zero-order chi connectivity index (χ0) is 13.0. The number of carbonyl (C=O) groups is 1. The fourth-order valence-electron chi connectivity index (χ4n) is 1.70. The van der Waals surface area contributed by atoms with Crippen molar-refractivity contribution in [2.24, 2.45) is 5.92 Å². The van der Waals surface area contributed by atoms with Crippen LogP contribution in [0.3, 0.4) is 0 Å². The van der Waals surface area contributed by atoms with E-state index in [-0.39, 0.29) is 24.5 Å². The lowest BCUT2D eigenvalue weighted by molar-refractivity contribution is 0.0916. The average Bonchev–Trinajstić information content (AvgIpc) is 2.26. The first-order valence-electron chi connectivity index (χ1n) is 5.94. The first kappa shape index (κ1) is 13.7. The Labute approximate surface area is 103 Å². The van der Waals surface area contributed by atoms with Crippen LogP contribution >= 0.6 is 0 Å². The molecule has 3 nitrogen and oxygen atoms in total. The molecule has 0 spiro atoms. The summed E-state index contributed by atoms with van der Waals surface area (Å²) in [6.45, 7) is 7.84. The lowest BCUT2D eigenvalue weighted by Crippen LogP contribution is -2.38. The predicted molar refractivity (Wildman–Crippen MR) is 69.1 cm³/mol. The average molecular weight is 235 g/mol. The Balaban J connectivity index is 2.76. The van der Waals surface area contributed by atoms with Gasteiger partial charge in [-0.3, -0.25) is 4.79 Å². The zero-order valence-electron chi connectivity index (χ0n) is 10.9. The van der Waals surface area contributed by atoms with E-state index in [0.717, 1.165) is 11.1 Å². The second-order valence-corrected chi connectivity index (χ2v) is 4.80. The van der Waals surface area contributed by atoms with Gasteiger partial charge in [0.05, 0.1) is 0 Å². The Morgan fingerprint density at radius 1 is 1.24 bits per heavy atom. The van der Waals surface area contributed by atoms with Crippen molar-refractivity contribution in [2.75, 3.05) is 6.61 Å². The number of benzene rings is 1. The predicted octanol–water partition coefficient (Wildman–Crippen LogP) is 2.05. The number of carbonyl (C=O) groups excluding carboxylic acids is 1. The quantitative estimate of drug-likeness (QED) is 0.839. The highest BCUT2D eigenvalue weighted by Crippen LogP contribution is 2.10. The molecule has 0 aromatic heterocycles. The largest absolute Gasteiger partial charge is 0.396 e. The first-order chi connectivity index (χ1) is 7.93. The maximum Gasteiger partial charge on any atom is 0.251 e. The molecule has 2 unspecified atom stereocenters. The molecule has 1 aromatic rings. The van der Waals surface area contributed by atoms with Crippen molar-refractivity contribution >= 4 is 5.91 Å². The van der Waals surface area contributed by atoms with Crippen LogP contribution in [0.25, 0.3) is 0 Å². The van der Waals surface area contributed by atoms with Crippen LogP contribution in [0, 0.1) is 19.8 Å². The number of amides is 1. The summed E-state index contributed by atoms with van der Waals surface area (Å²) < 4.78 is 0. The summed E-state index contributed by atoms with van der Waals surface area (Å²) in [5, 5.41) is 11.9. The lowest BCUT2D eigenvalue weighted by atomic mass is 10.0. The third-order valence-corrected chi connectivity index (χ3v) is 2.98. The molecule has 17 heavy (non-hydrogen) atoms. The summed E-state index contributed by atoms with van der Waals surface area (Å²) in [6, 6.07) is 5.75. The molecule has 0 saturated heterocycles. The number of rotatable bonds is 4. The Morgan fingerprint density at radius 2 is 1.76 bits per heavy atom. The molecule has 1 aromatic carbocycles. The molecule has 0 heterocycles. The van der Waals surface area contributed by atoms with E-state index in [9.17, 15) is 4.79 Å². The second-order valence-electron chi connectivity index (χ2n) is 4.80. The van der Waals surface area contributed by atoms with Gasteiger partial charge in [-0.25, -0.2) is 0 Å². The summed E-state index contributed by atoms with van der Waals surface area (Å²) in [5.74, 6) is -0.0190. The molecule has 2 atom stereocenters. The third kappa shape index (κ3) is 3.86. The van der Waals surface area contributed by atoms with Crippen molar-refractivity contribution in [3.63, 3.8) is 0 Å². The smallest absolute Gasteiger partial charge is 0.251 e. The molecule has 0 aliphatic carbocycles. The highest BCUT2D eigenvalue weighted by Gasteiger charge is 2.15. The van der Waals surface area contributed by atoms with Crippen LogP contribution in [0.1, 0.15) is 35.3 Å². The number of nitrogens with one attached hydrogen (secondary N) is 1. The summed E-state index contributed by atoms with van der Waals surface area (Å²) >= 11 is 0. The minimum Gasteiger partial charge on any atom is -0.396 e. The van der Waals surface area contributed by atoms with Crippen LogP contribution in [0.4, 0.5) is 0 Å². The van der Waals surface area contributed by atoms with E-state index in [4.69, 9.17) is 5.11 Å². The minimum atomic E-state index is -0.0791. The van der Waals surface area contributed by atoms with Crippen LogP contribution in [0.15, 0.2) is 18.2 Å². The first-order valence-corrected chi connectivity index (χ1v) is 5.94. The lowest BCUT2D eigenvalue weighted by Gasteiger charge is -2.19. The van der Waals surface area contributed by atoms with Gasteiger partial charge in [0, 0.05) is 18.2 Å². The van der Waals surface area contributed by atoms with Crippen LogP contribution < -0.4 is 5.32 Å². The van der Waals surface area contributed by atoms with Crippen LogP contribution in [0.2, 0.25) is 0 Å². The standard InChI is InChI=1S/C14H21NO2/c1-9-5-10(2)7-13(6-9)14(17)15-12(4)11(3)8-16/h5-7,11-12,16H,8H2,1-4H3,(H,15,17). The van der Waals surface area contributed by atoms with Crippen molar-refractivity contribution < 1.29 is 9.90 Å². The zero-order valence-corrected chi connectivity index (χ0v) is 10.9. The number of aliphatic hydroxyl groups excluding tert-OH is 1. The SMILES string of the molecule is Cc1cc(C)cc(C(=O)NC(C)C(C)CO)c1. The van der Waals surface area contributed by atoms with Gasteiger partial charge < -0.3 is 10.4 Å². The van der Waals surface area contributed by atoms with E-state index in [1.807, 2.05) is 45.9 Å². The van der Waals surface area contributed by atoms with Crippen LogP contribution in [0.5, 0.6) is 0 Å². The van der Waals surface area contributed by atoms with Crippen LogP contribution in [-0.2, 0) is 0 Å². The van der Waals surface area contributed by atoms with Gasteiger partial charge in [-0.15, -0.1) is 0 Å². The van der Waals surface area contributed by atoms with Crippen molar-refractivity contribution in [3.05, 3.63) is 34.9 Å². The second kappa shape index (κ2) is 5.82. The van der Waals surface area contributed by atoms with E-state index in [1.165, 1.54) is 0 Å². The Kier molecular flexibility index (Phi) is 4.70. The normalized spacial score (nSPS) is 14.2. The molecule has 2 N–H and O–H groups in total. The van der Waals surface area contributed by atoms with Gasteiger partial charge >= 0.3 is 0 Å². The molecule has 0 bridgehead atoms. The molecular weight excluding hydrogens is 214 g/mol. The summed E-state index contributed by atoms with van der Waals surface area (Å²) in [7, 11) is 0. The fourth-order valence-corrected chi connectivity index (χ4v) is 1.70. The molecule has 0 aliphatic heterocycles. The summed E-state index contributed by atoms with van der Waals surface area (Å²) in [4.78, 5) is 12.0. The van der Waals surface area contributed by atoms with Crippen LogP contribution in [-0.4, -0.2) is 23.7 Å². The molecular formula is C14H21NO2. The van der Waals surface area contributed by atoms with Crippen molar-refractivity contribution in [2.45, 2.75) is 33.7 Å². The van der Waals surface area contributed by atoms with E-state index < -0.39 is 0 Å². The minimum absolute atomic E-state index is 0.0340. The number of aliphatic hydroxyl groups is 1.